The smallest absolute Gasteiger partial charge is 0.257 e. The molecule has 3 aromatic rings. The van der Waals surface area contributed by atoms with Crippen LogP contribution in [-0.4, -0.2) is 37.8 Å². The van der Waals surface area contributed by atoms with Crippen molar-refractivity contribution >= 4 is 38.1 Å². The Kier molecular flexibility index (Phi) is 5.48. The van der Waals surface area contributed by atoms with Gasteiger partial charge in [0.15, 0.2) is 0 Å². The maximum absolute atomic E-state index is 12.6. The number of sulfonamides is 1. The molecule has 0 aliphatic carbocycles. The molecule has 1 heterocycles. The van der Waals surface area contributed by atoms with E-state index in [0.717, 1.165) is 27.3 Å². The Morgan fingerprint density at radius 1 is 1.07 bits per heavy atom. The van der Waals surface area contributed by atoms with Crippen LogP contribution in [0.2, 0.25) is 0 Å². The molecule has 0 atom stereocenters. The first-order valence-electron chi connectivity index (χ1n) is 8.41. The van der Waals surface area contributed by atoms with Crippen molar-refractivity contribution in [2.24, 2.45) is 0 Å². The van der Waals surface area contributed by atoms with Gasteiger partial charge in [-0.25, -0.2) is 8.42 Å². The molecule has 28 heavy (non-hydrogen) atoms. The molecular weight excluding hydrogens is 396 g/mol. The molecule has 0 aliphatic heterocycles. The molecule has 0 aliphatic rings. The van der Waals surface area contributed by atoms with Gasteiger partial charge in [-0.15, -0.1) is 10.2 Å². The zero-order chi connectivity index (χ0) is 20.5. The molecule has 0 saturated heterocycles. The van der Waals surface area contributed by atoms with E-state index in [-0.39, 0.29) is 5.91 Å². The summed E-state index contributed by atoms with van der Waals surface area (Å²) in [5.41, 5.74) is 3.62. The van der Waals surface area contributed by atoms with Gasteiger partial charge in [-0.05, 0) is 31.5 Å². The Hall–Kier alpha value is -2.78. The van der Waals surface area contributed by atoms with E-state index in [9.17, 15) is 13.2 Å². The fourth-order valence-electron chi connectivity index (χ4n) is 2.52. The molecule has 0 spiro atoms. The number of amides is 1. The molecular formula is C19H20N4O3S2. The lowest BCUT2D eigenvalue weighted by atomic mass is 10.1. The minimum absolute atomic E-state index is 0.336. The van der Waals surface area contributed by atoms with E-state index in [1.54, 1.807) is 25.1 Å². The van der Waals surface area contributed by atoms with E-state index >= 15 is 0 Å². The molecule has 0 bridgehead atoms. The fraction of sp³-hybridized carbons (Fsp3) is 0.211. The number of carbonyl (C=O) groups is 1. The van der Waals surface area contributed by atoms with Crippen LogP contribution in [0.4, 0.5) is 10.8 Å². The third-order valence-corrected chi connectivity index (χ3v) is 6.33. The zero-order valence-corrected chi connectivity index (χ0v) is 17.6. The number of aryl methyl sites for hydroxylation is 2. The van der Waals surface area contributed by atoms with Crippen molar-refractivity contribution in [2.45, 2.75) is 13.8 Å². The van der Waals surface area contributed by atoms with E-state index in [1.165, 1.54) is 18.4 Å². The molecule has 0 saturated carbocycles. The summed E-state index contributed by atoms with van der Waals surface area (Å²) >= 11 is 1.27. The second kappa shape index (κ2) is 7.69. The monoisotopic (exact) mass is 416 g/mol. The third kappa shape index (κ3) is 4.37. The van der Waals surface area contributed by atoms with Crippen molar-refractivity contribution in [3.05, 3.63) is 59.2 Å². The van der Waals surface area contributed by atoms with Crippen LogP contribution in [0.25, 0.3) is 10.6 Å². The highest BCUT2D eigenvalue weighted by molar-refractivity contribution is 7.92. The van der Waals surface area contributed by atoms with Crippen molar-refractivity contribution in [3.8, 4) is 10.6 Å². The molecule has 3 rings (SSSR count). The first-order valence-corrected chi connectivity index (χ1v) is 11.1. The van der Waals surface area contributed by atoms with Crippen molar-refractivity contribution in [1.29, 1.82) is 0 Å². The van der Waals surface area contributed by atoms with Gasteiger partial charge >= 0.3 is 0 Å². The first-order chi connectivity index (χ1) is 13.1. The van der Waals surface area contributed by atoms with E-state index in [4.69, 9.17) is 0 Å². The summed E-state index contributed by atoms with van der Waals surface area (Å²) in [5.74, 6) is -0.380. The predicted octanol–water partition coefficient (Wildman–Crippen LogP) is 3.47. The molecule has 7 nitrogen and oxygen atoms in total. The Balaban J connectivity index is 1.81. The number of nitrogens with one attached hydrogen (secondary N) is 1. The second-order valence-corrected chi connectivity index (χ2v) is 9.46. The lowest BCUT2D eigenvalue weighted by molar-refractivity contribution is 0.102. The second-order valence-electron chi connectivity index (χ2n) is 6.46. The number of nitrogens with zero attached hydrogens (tertiary/aromatic N) is 3. The zero-order valence-electron chi connectivity index (χ0n) is 15.9. The summed E-state index contributed by atoms with van der Waals surface area (Å²) in [4.78, 5) is 12.6. The Morgan fingerprint density at radius 3 is 2.39 bits per heavy atom. The van der Waals surface area contributed by atoms with E-state index < -0.39 is 10.0 Å². The molecule has 0 fully saturated rings. The Labute approximate surface area is 168 Å². The highest BCUT2D eigenvalue weighted by atomic mass is 32.2. The van der Waals surface area contributed by atoms with Crippen LogP contribution in [0.15, 0.2) is 42.5 Å². The third-order valence-electron chi connectivity index (χ3n) is 4.25. The average Bonchev–Trinajstić information content (AvgIpc) is 3.09. The highest BCUT2D eigenvalue weighted by Gasteiger charge is 2.17. The number of carbonyl (C=O) groups excluding carboxylic acids is 1. The van der Waals surface area contributed by atoms with Gasteiger partial charge in [0.05, 0.1) is 11.9 Å². The molecule has 0 unspecified atom stereocenters. The summed E-state index contributed by atoms with van der Waals surface area (Å²) < 4.78 is 24.8. The van der Waals surface area contributed by atoms with Gasteiger partial charge in [-0.2, -0.15) is 0 Å². The van der Waals surface area contributed by atoms with Gasteiger partial charge in [0.25, 0.3) is 5.91 Å². The van der Waals surface area contributed by atoms with Crippen LogP contribution in [0.3, 0.4) is 0 Å². The first kappa shape index (κ1) is 20.0. The van der Waals surface area contributed by atoms with Crippen LogP contribution < -0.4 is 9.62 Å². The number of aromatic nitrogens is 2. The van der Waals surface area contributed by atoms with E-state index in [2.05, 4.69) is 15.5 Å². The van der Waals surface area contributed by atoms with Crippen molar-refractivity contribution in [3.63, 3.8) is 0 Å². The molecule has 9 heteroatoms. The maximum Gasteiger partial charge on any atom is 0.257 e. The number of anilines is 2. The lowest BCUT2D eigenvalue weighted by Crippen LogP contribution is -2.26. The van der Waals surface area contributed by atoms with Crippen molar-refractivity contribution in [2.75, 3.05) is 22.9 Å². The van der Waals surface area contributed by atoms with Gasteiger partial charge in [0.2, 0.25) is 15.2 Å². The Morgan fingerprint density at radius 2 is 1.75 bits per heavy atom. The van der Waals surface area contributed by atoms with Crippen LogP contribution >= 0.6 is 11.3 Å². The van der Waals surface area contributed by atoms with Gasteiger partial charge < -0.3 is 0 Å². The predicted molar refractivity (Wildman–Crippen MR) is 112 cm³/mol. The highest BCUT2D eigenvalue weighted by Crippen LogP contribution is 2.27. The molecule has 146 valence electrons. The van der Waals surface area contributed by atoms with E-state index in [0.29, 0.717) is 21.4 Å². The van der Waals surface area contributed by atoms with Crippen molar-refractivity contribution < 1.29 is 13.2 Å². The van der Waals surface area contributed by atoms with Crippen LogP contribution in [0, 0.1) is 13.8 Å². The number of hydrogen-bond acceptors (Lipinski definition) is 6. The Bertz CT molecular complexity index is 1120. The number of benzene rings is 2. The molecule has 1 aromatic heterocycles. The number of rotatable bonds is 5. The topological polar surface area (TPSA) is 92.3 Å². The summed E-state index contributed by atoms with van der Waals surface area (Å²) in [6.07, 6.45) is 1.12. The summed E-state index contributed by atoms with van der Waals surface area (Å²) in [7, 11) is -1.97. The standard InChI is InChI=1S/C19H20N4O3S2/c1-12-5-8-14(9-6-12)18-21-22-19(27-18)20-17(24)15-10-7-13(2)16(11-15)23(3)28(4,25)26/h5-11H,1-4H3,(H,20,22,24). The summed E-state index contributed by atoms with van der Waals surface area (Å²) in [6, 6.07) is 12.8. The largest absolute Gasteiger partial charge is 0.296 e. The summed E-state index contributed by atoms with van der Waals surface area (Å²) in [5, 5.41) is 11.9. The van der Waals surface area contributed by atoms with Crippen LogP contribution in [0.1, 0.15) is 21.5 Å². The van der Waals surface area contributed by atoms with Gasteiger partial charge in [0.1, 0.15) is 5.01 Å². The van der Waals surface area contributed by atoms with Gasteiger partial charge in [-0.3, -0.25) is 14.4 Å². The summed E-state index contributed by atoms with van der Waals surface area (Å²) in [6.45, 7) is 3.80. The minimum Gasteiger partial charge on any atom is -0.296 e. The van der Waals surface area contributed by atoms with E-state index in [1.807, 2.05) is 31.2 Å². The maximum atomic E-state index is 12.6. The fourth-order valence-corrected chi connectivity index (χ4v) is 3.82. The lowest BCUT2D eigenvalue weighted by Gasteiger charge is -2.19. The van der Waals surface area contributed by atoms with Crippen LogP contribution in [0.5, 0.6) is 0 Å². The van der Waals surface area contributed by atoms with Gasteiger partial charge in [0, 0.05) is 18.2 Å². The molecule has 2 aromatic carbocycles. The van der Waals surface area contributed by atoms with Crippen molar-refractivity contribution in [1.82, 2.24) is 10.2 Å². The normalized spacial score (nSPS) is 11.3. The molecule has 1 amide bonds. The van der Waals surface area contributed by atoms with Gasteiger partial charge in [-0.1, -0.05) is 47.2 Å². The molecule has 0 radical (unpaired) electrons. The quantitative estimate of drug-likeness (QED) is 0.687. The SMILES string of the molecule is Cc1ccc(-c2nnc(NC(=O)c3ccc(C)c(N(C)S(C)(=O)=O)c3)s2)cc1. The minimum atomic E-state index is -3.43. The average molecular weight is 417 g/mol. The molecule has 1 N–H and O–H groups in total. The number of hydrogen-bond donors (Lipinski definition) is 1. The van der Waals surface area contributed by atoms with Crippen LogP contribution in [-0.2, 0) is 10.0 Å².